The molecule has 0 aliphatic carbocycles. The monoisotopic (exact) mass is 428 g/mol. The van der Waals surface area contributed by atoms with Gasteiger partial charge in [-0.2, -0.15) is 0 Å². The van der Waals surface area contributed by atoms with Gasteiger partial charge in [-0.05, 0) is 49.5 Å². The molecule has 32 heavy (non-hydrogen) atoms. The number of aryl methyl sites for hydroxylation is 1. The minimum atomic E-state index is 0.213. The van der Waals surface area contributed by atoms with Gasteiger partial charge in [0.1, 0.15) is 6.33 Å². The van der Waals surface area contributed by atoms with Gasteiger partial charge in [0, 0.05) is 49.0 Å². The van der Waals surface area contributed by atoms with Crippen molar-refractivity contribution in [3.05, 3.63) is 83.9 Å². The number of nitrogens with zero attached hydrogens (tertiary/aromatic N) is 4. The van der Waals surface area contributed by atoms with Gasteiger partial charge in [-0.3, -0.25) is 9.80 Å². The second kappa shape index (κ2) is 9.49. The Balaban J connectivity index is 1.35. The Morgan fingerprint density at radius 2 is 1.56 bits per heavy atom. The third-order valence-electron chi connectivity index (χ3n) is 7.15. The molecular formula is C27H32N4O. The third-order valence-corrected chi connectivity index (χ3v) is 7.15. The first-order valence-electron chi connectivity index (χ1n) is 11.7. The summed E-state index contributed by atoms with van der Waals surface area (Å²) in [5.41, 5.74) is 6.27. The topological polar surface area (TPSA) is 52.5 Å². The lowest BCUT2D eigenvalue weighted by Gasteiger charge is -2.57. The molecule has 2 aliphatic rings. The van der Waals surface area contributed by atoms with Crippen LogP contribution < -0.4 is 0 Å². The van der Waals surface area contributed by atoms with E-state index in [1.165, 1.54) is 35.1 Å². The molecule has 2 aliphatic heterocycles. The highest BCUT2D eigenvalue weighted by atomic mass is 16.3. The van der Waals surface area contributed by atoms with E-state index >= 15 is 0 Å². The summed E-state index contributed by atoms with van der Waals surface area (Å²) < 4.78 is 0. The lowest BCUT2D eigenvalue weighted by Crippen LogP contribution is -2.67. The smallest absolute Gasteiger partial charge is 0.115 e. The molecule has 3 heterocycles. The molecule has 3 atom stereocenters. The summed E-state index contributed by atoms with van der Waals surface area (Å²) in [6.07, 6.45) is 7.79. The summed E-state index contributed by atoms with van der Waals surface area (Å²) in [6.45, 7) is 6.41. The Bertz CT molecular complexity index is 1010. The van der Waals surface area contributed by atoms with E-state index in [0.717, 1.165) is 31.7 Å². The van der Waals surface area contributed by atoms with Crippen LogP contribution in [0.25, 0.3) is 11.1 Å². The third kappa shape index (κ3) is 4.33. The van der Waals surface area contributed by atoms with Crippen molar-refractivity contribution in [1.82, 2.24) is 19.8 Å². The molecule has 2 aromatic carbocycles. The van der Waals surface area contributed by atoms with Crippen molar-refractivity contribution in [2.24, 2.45) is 0 Å². The van der Waals surface area contributed by atoms with Gasteiger partial charge in [-0.15, -0.1) is 0 Å². The second-order valence-corrected chi connectivity index (χ2v) is 9.26. The fraction of sp³-hybridized carbons (Fsp3) is 0.407. The quantitative estimate of drug-likeness (QED) is 0.668. The number of aliphatic hydroxyl groups excluding tert-OH is 1. The molecule has 5 rings (SSSR count). The second-order valence-electron chi connectivity index (χ2n) is 9.26. The molecule has 1 N–H and O–H groups in total. The number of aliphatic hydroxyl groups is 1. The first kappa shape index (κ1) is 21.3. The molecule has 5 heteroatoms. The molecule has 3 aromatic rings. The van der Waals surface area contributed by atoms with Crippen LogP contribution in [0.1, 0.15) is 35.4 Å². The standard InChI is InChI=1S/C27H32N4O/c1-20-4-6-22(7-5-20)23-8-10-24(11-9-23)27-25-17-30(16-21-14-28-19-29-15-21)12-2-3-13-31(25)26(27)18-32/h4-11,14-15,19,25-27,32H,2-3,12-13,16-18H2,1H3/t25-,26+,27-/m1/s1. The molecule has 0 spiro atoms. The van der Waals surface area contributed by atoms with E-state index in [-0.39, 0.29) is 12.6 Å². The van der Waals surface area contributed by atoms with Crippen LogP contribution in [0.4, 0.5) is 0 Å². The fourth-order valence-corrected chi connectivity index (χ4v) is 5.47. The molecule has 0 bridgehead atoms. The maximum absolute atomic E-state index is 10.2. The van der Waals surface area contributed by atoms with E-state index in [2.05, 4.69) is 75.2 Å². The predicted molar refractivity (Wildman–Crippen MR) is 127 cm³/mol. The van der Waals surface area contributed by atoms with Gasteiger partial charge >= 0.3 is 0 Å². The molecular weight excluding hydrogens is 396 g/mol. The minimum absolute atomic E-state index is 0.213. The summed E-state index contributed by atoms with van der Waals surface area (Å²) in [6, 6.07) is 18.4. The Morgan fingerprint density at radius 3 is 2.25 bits per heavy atom. The van der Waals surface area contributed by atoms with Crippen molar-refractivity contribution in [1.29, 1.82) is 0 Å². The molecule has 2 fully saturated rings. The maximum atomic E-state index is 10.2. The van der Waals surface area contributed by atoms with Crippen LogP contribution in [0.15, 0.2) is 67.3 Å². The summed E-state index contributed by atoms with van der Waals surface area (Å²) >= 11 is 0. The molecule has 1 aromatic heterocycles. The molecule has 0 amide bonds. The average Bonchev–Trinajstić information content (AvgIpc) is 2.81. The van der Waals surface area contributed by atoms with E-state index in [1.54, 1.807) is 6.33 Å². The molecule has 0 unspecified atom stereocenters. The zero-order chi connectivity index (χ0) is 21.9. The normalized spacial score (nSPS) is 24.2. The van der Waals surface area contributed by atoms with Gasteiger partial charge in [0.25, 0.3) is 0 Å². The summed E-state index contributed by atoms with van der Waals surface area (Å²) in [5.74, 6) is 0.361. The predicted octanol–water partition coefficient (Wildman–Crippen LogP) is 3.88. The van der Waals surface area contributed by atoms with Gasteiger partial charge < -0.3 is 5.11 Å². The highest BCUT2D eigenvalue weighted by molar-refractivity contribution is 5.64. The fourth-order valence-electron chi connectivity index (χ4n) is 5.47. The summed E-state index contributed by atoms with van der Waals surface area (Å²) in [5, 5.41) is 10.2. The Morgan fingerprint density at radius 1 is 0.906 bits per heavy atom. The van der Waals surface area contributed by atoms with Crippen molar-refractivity contribution < 1.29 is 5.11 Å². The molecule has 2 saturated heterocycles. The van der Waals surface area contributed by atoms with Crippen LogP contribution in [0.2, 0.25) is 0 Å². The van der Waals surface area contributed by atoms with Crippen molar-refractivity contribution in [2.45, 2.75) is 44.3 Å². The van der Waals surface area contributed by atoms with Gasteiger partial charge in [0.2, 0.25) is 0 Å². The number of hydrogen-bond donors (Lipinski definition) is 1. The number of hydrogen-bond acceptors (Lipinski definition) is 5. The Hall–Kier alpha value is -2.60. The zero-order valence-corrected chi connectivity index (χ0v) is 18.8. The first-order valence-corrected chi connectivity index (χ1v) is 11.7. The van der Waals surface area contributed by atoms with Gasteiger partial charge in [-0.1, -0.05) is 54.1 Å². The van der Waals surface area contributed by atoms with Crippen LogP contribution in [0, 0.1) is 6.92 Å². The van der Waals surface area contributed by atoms with E-state index in [9.17, 15) is 5.11 Å². The molecule has 0 radical (unpaired) electrons. The zero-order valence-electron chi connectivity index (χ0n) is 18.8. The summed E-state index contributed by atoms with van der Waals surface area (Å²) in [4.78, 5) is 13.4. The minimum Gasteiger partial charge on any atom is -0.395 e. The first-order chi connectivity index (χ1) is 15.7. The lowest BCUT2D eigenvalue weighted by molar-refractivity contribution is -0.0655. The van der Waals surface area contributed by atoms with Crippen molar-refractivity contribution in [2.75, 3.05) is 26.2 Å². The van der Waals surface area contributed by atoms with Gasteiger partial charge in [0.15, 0.2) is 0 Å². The number of aromatic nitrogens is 2. The highest BCUT2D eigenvalue weighted by Gasteiger charge is 2.48. The van der Waals surface area contributed by atoms with Crippen LogP contribution in [0.5, 0.6) is 0 Å². The van der Waals surface area contributed by atoms with E-state index in [0.29, 0.717) is 12.0 Å². The number of benzene rings is 2. The van der Waals surface area contributed by atoms with E-state index in [1.807, 2.05) is 12.4 Å². The molecule has 166 valence electrons. The van der Waals surface area contributed by atoms with Gasteiger partial charge in [-0.25, -0.2) is 9.97 Å². The van der Waals surface area contributed by atoms with E-state index < -0.39 is 0 Å². The lowest BCUT2D eigenvalue weighted by atomic mass is 9.74. The van der Waals surface area contributed by atoms with Crippen molar-refractivity contribution >= 4 is 0 Å². The van der Waals surface area contributed by atoms with Crippen LogP contribution in [0.3, 0.4) is 0 Å². The van der Waals surface area contributed by atoms with E-state index in [4.69, 9.17) is 0 Å². The summed E-state index contributed by atoms with van der Waals surface area (Å²) in [7, 11) is 0. The number of fused-ring (bicyclic) bond motifs is 1. The van der Waals surface area contributed by atoms with Crippen molar-refractivity contribution in [3.8, 4) is 11.1 Å². The van der Waals surface area contributed by atoms with Crippen LogP contribution in [-0.2, 0) is 6.54 Å². The Kier molecular flexibility index (Phi) is 6.30. The largest absolute Gasteiger partial charge is 0.395 e. The molecule has 5 nitrogen and oxygen atoms in total. The van der Waals surface area contributed by atoms with Crippen LogP contribution in [-0.4, -0.2) is 63.2 Å². The van der Waals surface area contributed by atoms with Gasteiger partial charge in [0.05, 0.1) is 6.61 Å². The van der Waals surface area contributed by atoms with Crippen LogP contribution >= 0.6 is 0 Å². The maximum Gasteiger partial charge on any atom is 0.115 e. The number of rotatable bonds is 5. The highest BCUT2D eigenvalue weighted by Crippen LogP contribution is 2.42. The van der Waals surface area contributed by atoms with Crippen molar-refractivity contribution in [3.63, 3.8) is 0 Å². The average molecular weight is 429 g/mol. The SMILES string of the molecule is Cc1ccc(-c2ccc([C@@H]3[C@H]4CN(Cc5cncnc5)CCCCN4[C@H]3CO)cc2)cc1. The molecule has 0 saturated carbocycles. The Labute approximate surface area is 190 Å².